The van der Waals surface area contributed by atoms with Gasteiger partial charge in [0.05, 0.1) is 0 Å². The maximum atomic E-state index is 12.4. The minimum atomic E-state index is -0.595. The van der Waals surface area contributed by atoms with E-state index in [1.54, 1.807) is 7.05 Å². The van der Waals surface area contributed by atoms with Crippen molar-refractivity contribution in [1.29, 1.82) is 0 Å². The molecular weight excluding hydrogens is 368 g/mol. The number of amides is 3. The molecule has 0 fully saturated rings. The van der Waals surface area contributed by atoms with Gasteiger partial charge in [-0.1, -0.05) is 13.3 Å². The number of carbonyl (C=O) groups excluding carboxylic acids is 2. The Morgan fingerprint density at radius 2 is 2.13 bits per heavy atom. The van der Waals surface area contributed by atoms with Crippen molar-refractivity contribution in [3.05, 3.63) is 21.3 Å². The van der Waals surface area contributed by atoms with Crippen molar-refractivity contribution in [2.75, 3.05) is 6.54 Å². The smallest absolute Gasteiger partial charge is 0.321 e. The Kier molecular flexibility index (Phi) is 5.48. The lowest BCUT2D eigenvalue weighted by Crippen LogP contribution is -2.42. The molecule has 0 aliphatic rings. The van der Waals surface area contributed by atoms with Crippen molar-refractivity contribution in [3.8, 4) is 0 Å². The average molecular weight is 385 g/mol. The summed E-state index contributed by atoms with van der Waals surface area (Å²) in [4.78, 5) is 39.8. The molecule has 0 bridgehead atoms. The predicted octanol–water partition coefficient (Wildman–Crippen LogP) is 0.518. The third-order valence-electron chi connectivity index (χ3n) is 3.15. The molecule has 23 heavy (non-hydrogen) atoms. The second-order valence-electron chi connectivity index (χ2n) is 4.95. The van der Waals surface area contributed by atoms with Gasteiger partial charge in [0, 0.05) is 13.6 Å². The van der Waals surface area contributed by atoms with Gasteiger partial charge in [0.25, 0.3) is 5.56 Å². The van der Waals surface area contributed by atoms with E-state index in [0.717, 1.165) is 17.4 Å². The van der Waals surface area contributed by atoms with Crippen LogP contribution in [0.4, 0.5) is 4.79 Å². The molecule has 2 aromatic rings. The summed E-state index contributed by atoms with van der Waals surface area (Å²) in [6.45, 7) is 2.19. The standard InChI is InChI=1S/C13H17BrN6O3/c1-3-4-5-15-13(23)17-8(21)6-20-7-16-11-9(12(20)22)10(14)18-19(11)2/h7H,3-6H2,1-2H3,(H2,15,17,21,23). The van der Waals surface area contributed by atoms with E-state index in [1.165, 1.54) is 11.0 Å². The van der Waals surface area contributed by atoms with Crippen LogP contribution in [0.25, 0.3) is 11.0 Å². The minimum Gasteiger partial charge on any atom is -0.338 e. The van der Waals surface area contributed by atoms with Gasteiger partial charge in [0.15, 0.2) is 5.65 Å². The van der Waals surface area contributed by atoms with Crippen LogP contribution in [0, 0.1) is 0 Å². The van der Waals surface area contributed by atoms with E-state index < -0.39 is 17.5 Å². The molecule has 2 aromatic heterocycles. The normalized spacial score (nSPS) is 10.7. The largest absolute Gasteiger partial charge is 0.338 e. The number of nitrogens with one attached hydrogen (secondary N) is 2. The molecule has 0 saturated carbocycles. The second kappa shape index (κ2) is 7.36. The summed E-state index contributed by atoms with van der Waals surface area (Å²) >= 11 is 3.19. The zero-order chi connectivity index (χ0) is 17.0. The van der Waals surface area contributed by atoms with E-state index in [0.29, 0.717) is 16.8 Å². The molecule has 0 unspecified atom stereocenters. The van der Waals surface area contributed by atoms with Crippen molar-refractivity contribution in [1.82, 2.24) is 30.0 Å². The third-order valence-corrected chi connectivity index (χ3v) is 3.71. The Balaban J connectivity index is 2.08. The zero-order valence-corrected chi connectivity index (χ0v) is 14.4. The van der Waals surface area contributed by atoms with Gasteiger partial charge in [0.1, 0.15) is 22.9 Å². The van der Waals surface area contributed by atoms with Gasteiger partial charge in [-0.3, -0.25) is 19.5 Å². The monoisotopic (exact) mass is 384 g/mol. The van der Waals surface area contributed by atoms with Crippen LogP contribution in [0.1, 0.15) is 19.8 Å². The molecular formula is C13H17BrN6O3. The number of halogens is 1. The van der Waals surface area contributed by atoms with Crippen molar-refractivity contribution in [3.63, 3.8) is 0 Å². The molecule has 9 nitrogen and oxygen atoms in total. The van der Waals surface area contributed by atoms with Crippen LogP contribution in [0.2, 0.25) is 0 Å². The van der Waals surface area contributed by atoms with E-state index in [9.17, 15) is 14.4 Å². The Bertz CT molecular complexity index is 797. The minimum absolute atomic E-state index is 0.287. The summed E-state index contributed by atoms with van der Waals surface area (Å²) in [5, 5.41) is 9.08. The van der Waals surface area contributed by atoms with Gasteiger partial charge >= 0.3 is 6.03 Å². The number of hydrogen-bond acceptors (Lipinski definition) is 5. The van der Waals surface area contributed by atoms with E-state index in [4.69, 9.17) is 0 Å². The molecule has 2 rings (SSSR count). The molecule has 3 amide bonds. The summed E-state index contributed by atoms with van der Waals surface area (Å²) in [5.41, 5.74) is 0.00681. The SMILES string of the molecule is CCCCNC(=O)NC(=O)Cn1cnc2c(c(Br)nn2C)c1=O. The van der Waals surface area contributed by atoms with Crippen LogP contribution in [-0.4, -0.2) is 37.8 Å². The summed E-state index contributed by atoms with van der Waals surface area (Å²) in [6, 6.07) is -0.576. The van der Waals surface area contributed by atoms with Crippen molar-refractivity contribution < 1.29 is 9.59 Å². The number of aryl methyl sites for hydroxylation is 1. The van der Waals surface area contributed by atoms with Gasteiger partial charge in [-0.05, 0) is 22.4 Å². The van der Waals surface area contributed by atoms with Gasteiger partial charge in [0.2, 0.25) is 5.91 Å². The fourth-order valence-corrected chi connectivity index (χ4v) is 2.58. The lowest BCUT2D eigenvalue weighted by atomic mass is 10.3. The van der Waals surface area contributed by atoms with Crippen LogP contribution in [0.5, 0.6) is 0 Å². The van der Waals surface area contributed by atoms with E-state index in [-0.39, 0.29) is 11.9 Å². The maximum absolute atomic E-state index is 12.4. The molecule has 124 valence electrons. The Hall–Kier alpha value is -2.23. The van der Waals surface area contributed by atoms with E-state index in [1.807, 2.05) is 6.92 Å². The molecule has 0 aromatic carbocycles. The quantitative estimate of drug-likeness (QED) is 0.729. The number of fused-ring (bicyclic) bond motifs is 1. The lowest BCUT2D eigenvalue weighted by Gasteiger charge is -2.07. The van der Waals surface area contributed by atoms with Crippen molar-refractivity contribution in [2.45, 2.75) is 26.3 Å². The first kappa shape index (κ1) is 17.1. The van der Waals surface area contributed by atoms with Gasteiger partial charge in [-0.2, -0.15) is 5.10 Å². The van der Waals surface area contributed by atoms with Crippen LogP contribution in [-0.2, 0) is 18.4 Å². The highest BCUT2D eigenvalue weighted by Gasteiger charge is 2.15. The van der Waals surface area contributed by atoms with E-state index >= 15 is 0 Å². The molecule has 2 heterocycles. The highest BCUT2D eigenvalue weighted by atomic mass is 79.9. The molecule has 0 radical (unpaired) electrons. The highest BCUT2D eigenvalue weighted by molar-refractivity contribution is 9.10. The number of urea groups is 1. The molecule has 0 saturated heterocycles. The van der Waals surface area contributed by atoms with Crippen LogP contribution in [0.3, 0.4) is 0 Å². The van der Waals surface area contributed by atoms with Crippen molar-refractivity contribution in [2.24, 2.45) is 7.05 Å². The molecule has 0 aliphatic carbocycles. The lowest BCUT2D eigenvalue weighted by molar-refractivity contribution is -0.120. The first-order chi connectivity index (χ1) is 10.9. The van der Waals surface area contributed by atoms with E-state index in [2.05, 4.69) is 36.6 Å². The van der Waals surface area contributed by atoms with Gasteiger partial charge < -0.3 is 5.32 Å². The number of nitrogens with zero attached hydrogens (tertiary/aromatic N) is 4. The summed E-state index contributed by atoms with van der Waals surface area (Å²) in [5.74, 6) is -0.595. The second-order valence-corrected chi connectivity index (χ2v) is 5.70. The number of hydrogen-bond donors (Lipinski definition) is 2. The zero-order valence-electron chi connectivity index (χ0n) is 12.8. The first-order valence-corrected chi connectivity index (χ1v) is 7.88. The molecule has 0 aliphatic heterocycles. The summed E-state index contributed by atoms with van der Waals surface area (Å²) < 4.78 is 2.95. The number of imide groups is 1. The Morgan fingerprint density at radius 3 is 2.83 bits per heavy atom. The number of rotatable bonds is 5. The Labute approximate surface area is 140 Å². The Morgan fingerprint density at radius 1 is 1.39 bits per heavy atom. The van der Waals surface area contributed by atoms with Crippen LogP contribution in [0.15, 0.2) is 15.7 Å². The summed E-state index contributed by atoms with van der Waals surface area (Å²) in [6.07, 6.45) is 3.03. The topological polar surface area (TPSA) is 111 Å². The first-order valence-electron chi connectivity index (χ1n) is 7.09. The van der Waals surface area contributed by atoms with Crippen LogP contribution >= 0.6 is 15.9 Å². The maximum Gasteiger partial charge on any atom is 0.321 e. The number of carbonyl (C=O) groups is 2. The molecule has 0 atom stereocenters. The third kappa shape index (κ3) is 3.95. The molecule has 10 heteroatoms. The number of unbranched alkanes of at least 4 members (excludes halogenated alkanes) is 1. The molecule has 0 spiro atoms. The highest BCUT2D eigenvalue weighted by Crippen LogP contribution is 2.16. The van der Waals surface area contributed by atoms with Crippen LogP contribution < -0.4 is 16.2 Å². The van der Waals surface area contributed by atoms with Crippen molar-refractivity contribution >= 4 is 38.9 Å². The summed E-state index contributed by atoms with van der Waals surface area (Å²) in [7, 11) is 1.66. The number of aromatic nitrogens is 4. The predicted molar refractivity (Wildman–Crippen MR) is 86.9 cm³/mol. The van der Waals surface area contributed by atoms with Gasteiger partial charge in [-0.25, -0.2) is 14.5 Å². The fourth-order valence-electron chi connectivity index (χ4n) is 1.99. The van der Waals surface area contributed by atoms with Gasteiger partial charge in [-0.15, -0.1) is 0 Å². The molecule has 2 N–H and O–H groups in total. The fraction of sp³-hybridized carbons (Fsp3) is 0.462. The average Bonchev–Trinajstić information content (AvgIpc) is 2.77.